The molecule has 0 saturated carbocycles. The van der Waals surface area contributed by atoms with E-state index in [1.54, 1.807) is 30.3 Å². The largest absolute Gasteiger partial charge is 0.491 e. The van der Waals surface area contributed by atoms with Crippen LogP contribution in [0.2, 0.25) is 0 Å². The molecule has 8 heteroatoms. The number of amidine groups is 1. The maximum atomic E-state index is 12.6. The van der Waals surface area contributed by atoms with Gasteiger partial charge in [-0.2, -0.15) is 0 Å². The molecule has 0 atom stereocenters. The summed E-state index contributed by atoms with van der Waals surface area (Å²) in [7, 11) is 0. The Hall–Kier alpha value is -2.58. The fourth-order valence-electron chi connectivity index (χ4n) is 2.37. The predicted octanol–water partition coefficient (Wildman–Crippen LogP) is 2.99. The number of ether oxygens (including phenoxy) is 2. The molecule has 2 heterocycles. The van der Waals surface area contributed by atoms with E-state index >= 15 is 0 Å². The van der Waals surface area contributed by atoms with E-state index in [-0.39, 0.29) is 18.6 Å². The molecule has 0 fully saturated rings. The smallest absolute Gasteiger partial charge is 0.257 e. The zero-order valence-electron chi connectivity index (χ0n) is 15.1. The van der Waals surface area contributed by atoms with Gasteiger partial charge in [0.1, 0.15) is 11.5 Å². The van der Waals surface area contributed by atoms with Crippen molar-refractivity contribution >= 4 is 22.8 Å². The molecule has 2 N–H and O–H groups in total. The van der Waals surface area contributed by atoms with Crippen molar-refractivity contribution in [3.05, 3.63) is 47.7 Å². The number of aromatic nitrogens is 1. The summed E-state index contributed by atoms with van der Waals surface area (Å²) in [6, 6.07) is 8.39. The van der Waals surface area contributed by atoms with E-state index in [0.29, 0.717) is 40.2 Å². The van der Waals surface area contributed by atoms with Crippen LogP contribution in [0.15, 0.2) is 41.5 Å². The summed E-state index contributed by atoms with van der Waals surface area (Å²) in [5.41, 5.74) is 1.10. The second-order valence-corrected chi connectivity index (χ2v) is 7.20. The van der Waals surface area contributed by atoms with Gasteiger partial charge < -0.3 is 19.9 Å². The average Bonchev–Trinajstić information content (AvgIpc) is 3.14. The summed E-state index contributed by atoms with van der Waals surface area (Å²) in [6.45, 7) is 4.44. The first-order valence-corrected chi connectivity index (χ1v) is 9.56. The number of aliphatic imine (C=N–C) groups is 1. The van der Waals surface area contributed by atoms with Crippen LogP contribution in [-0.4, -0.2) is 39.6 Å². The van der Waals surface area contributed by atoms with Gasteiger partial charge in [0.05, 0.1) is 19.3 Å². The number of rotatable bonds is 6. The van der Waals surface area contributed by atoms with E-state index in [9.17, 15) is 4.79 Å². The number of nitrogens with one attached hydrogen (secondary N) is 1. The number of aliphatic hydroxyl groups is 1. The molecule has 2 aromatic rings. The standard InChI is InChI=1S/C19H21N3O4S/c1-12(2)25-15-7-14(18(24)22-19-20-5-6-27-19)8-16(9-15)26-17-4-3-13(11-23)10-21-17/h3-4,7-10,12,23H,5-6,11H2,1-2H3,(H,20,22,24). The minimum absolute atomic E-state index is 0.0483. The molecule has 0 aliphatic carbocycles. The lowest BCUT2D eigenvalue weighted by atomic mass is 10.2. The number of pyridine rings is 1. The van der Waals surface area contributed by atoms with E-state index in [0.717, 1.165) is 5.75 Å². The number of nitrogens with zero attached hydrogens (tertiary/aromatic N) is 2. The van der Waals surface area contributed by atoms with Crippen molar-refractivity contribution in [2.45, 2.75) is 26.6 Å². The van der Waals surface area contributed by atoms with Gasteiger partial charge in [-0.1, -0.05) is 11.8 Å². The van der Waals surface area contributed by atoms with Crippen LogP contribution in [0.1, 0.15) is 29.8 Å². The van der Waals surface area contributed by atoms with Crippen LogP contribution in [0.25, 0.3) is 0 Å². The Morgan fingerprint density at radius 3 is 2.74 bits per heavy atom. The quantitative estimate of drug-likeness (QED) is 0.792. The molecule has 3 rings (SSSR count). The number of hydrogen-bond acceptors (Lipinski definition) is 7. The van der Waals surface area contributed by atoms with Crippen LogP contribution in [0.4, 0.5) is 0 Å². The Balaban J connectivity index is 1.83. The Morgan fingerprint density at radius 2 is 2.11 bits per heavy atom. The van der Waals surface area contributed by atoms with E-state index in [2.05, 4.69) is 15.3 Å². The lowest BCUT2D eigenvalue weighted by Gasteiger charge is -2.14. The van der Waals surface area contributed by atoms with Gasteiger partial charge in [0.15, 0.2) is 5.17 Å². The first kappa shape index (κ1) is 19.2. The first-order valence-electron chi connectivity index (χ1n) is 8.57. The number of carbonyl (C=O) groups is 1. The number of amides is 1. The monoisotopic (exact) mass is 387 g/mol. The predicted molar refractivity (Wildman–Crippen MR) is 105 cm³/mol. The van der Waals surface area contributed by atoms with Gasteiger partial charge in [-0.15, -0.1) is 0 Å². The second-order valence-electron chi connectivity index (χ2n) is 6.11. The third-order valence-electron chi connectivity index (χ3n) is 3.52. The number of hydrogen-bond donors (Lipinski definition) is 2. The van der Waals surface area contributed by atoms with Crippen molar-refractivity contribution in [2.24, 2.45) is 4.99 Å². The highest BCUT2D eigenvalue weighted by atomic mass is 32.2. The van der Waals surface area contributed by atoms with Crippen LogP contribution >= 0.6 is 11.8 Å². The lowest BCUT2D eigenvalue weighted by Crippen LogP contribution is -2.27. The molecule has 0 bridgehead atoms. The summed E-state index contributed by atoms with van der Waals surface area (Å²) in [5.74, 6) is 1.92. The topological polar surface area (TPSA) is 93.0 Å². The number of carbonyl (C=O) groups excluding carboxylic acids is 1. The second kappa shape index (κ2) is 8.88. The van der Waals surface area contributed by atoms with E-state index in [1.807, 2.05) is 13.8 Å². The molecular formula is C19H21N3O4S. The molecule has 1 amide bonds. The summed E-state index contributed by atoms with van der Waals surface area (Å²) in [6.07, 6.45) is 1.49. The molecule has 142 valence electrons. The van der Waals surface area contributed by atoms with E-state index in [4.69, 9.17) is 14.6 Å². The minimum atomic E-state index is -0.272. The molecule has 27 heavy (non-hydrogen) atoms. The van der Waals surface area contributed by atoms with Crippen molar-refractivity contribution < 1.29 is 19.4 Å². The molecular weight excluding hydrogens is 366 g/mol. The number of aliphatic hydroxyl groups excluding tert-OH is 1. The van der Waals surface area contributed by atoms with Gasteiger partial charge in [0.2, 0.25) is 5.88 Å². The highest BCUT2D eigenvalue weighted by Crippen LogP contribution is 2.27. The molecule has 0 unspecified atom stereocenters. The van der Waals surface area contributed by atoms with E-state index in [1.165, 1.54) is 18.0 Å². The fraction of sp³-hybridized carbons (Fsp3) is 0.316. The fourth-order valence-corrected chi connectivity index (χ4v) is 3.09. The zero-order chi connectivity index (χ0) is 19.2. The Labute approximate surface area is 161 Å². The number of thioether (sulfide) groups is 1. The molecule has 7 nitrogen and oxygen atoms in total. The van der Waals surface area contributed by atoms with Crippen LogP contribution in [0.3, 0.4) is 0 Å². The van der Waals surface area contributed by atoms with Gasteiger partial charge >= 0.3 is 0 Å². The van der Waals surface area contributed by atoms with Gasteiger partial charge in [-0.25, -0.2) is 4.98 Å². The molecule has 1 aliphatic heterocycles. The maximum absolute atomic E-state index is 12.6. The molecule has 1 aromatic heterocycles. The summed E-state index contributed by atoms with van der Waals surface area (Å²) in [5, 5.41) is 12.5. The molecule has 1 aromatic carbocycles. The van der Waals surface area contributed by atoms with Crippen molar-refractivity contribution in [3.63, 3.8) is 0 Å². The van der Waals surface area contributed by atoms with Crippen LogP contribution in [-0.2, 0) is 6.61 Å². The molecule has 1 aliphatic rings. The highest BCUT2D eigenvalue weighted by molar-refractivity contribution is 8.14. The van der Waals surface area contributed by atoms with Gasteiger partial charge in [-0.3, -0.25) is 9.79 Å². The molecule has 0 spiro atoms. The SMILES string of the molecule is CC(C)Oc1cc(Oc2ccc(CO)cn2)cc(C(=O)NC2=NCCS2)c1. The van der Waals surface area contributed by atoms with Gasteiger partial charge in [0.25, 0.3) is 5.91 Å². The Bertz CT molecular complexity index is 837. The summed E-state index contributed by atoms with van der Waals surface area (Å²) < 4.78 is 11.5. The average molecular weight is 387 g/mol. The van der Waals surface area contributed by atoms with Crippen LogP contribution in [0.5, 0.6) is 17.4 Å². The normalized spacial score (nSPS) is 13.4. The van der Waals surface area contributed by atoms with Crippen molar-refractivity contribution in [1.29, 1.82) is 0 Å². The Morgan fingerprint density at radius 1 is 1.30 bits per heavy atom. The van der Waals surface area contributed by atoms with Gasteiger partial charge in [-0.05, 0) is 37.6 Å². The summed E-state index contributed by atoms with van der Waals surface area (Å²) in [4.78, 5) is 20.9. The zero-order valence-corrected chi connectivity index (χ0v) is 16.0. The van der Waals surface area contributed by atoms with Crippen LogP contribution in [0, 0.1) is 0 Å². The maximum Gasteiger partial charge on any atom is 0.257 e. The van der Waals surface area contributed by atoms with Crippen molar-refractivity contribution in [2.75, 3.05) is 12.3 Å². The highest BCUT2D eigenvalue weighted by Gasteiger charge is 2.16. The minimum Gasteiger partial charge on any atom is -0.491 e. The Kier molecular flexibility index (Phi) is 6.31. The van der Waals surface area contributed by atoms with Crippen molar-refractivity contribution in [1.82, 2.24) is 10.3 Å². The molecule has 0 radical (unpaired) electrons. The third-order valence-corrected chi connectivity index (χ3v) is 4.41. The van der Waals surface area contributed by atoms with Gasteiger partial charge in [0, 0.05) is 29.6 Å². The summed E-state index contributed by atoms with van der Waals surface area (Å²) >= 11 is 1.52. The van der Waals surface area contributed by atoms with E-state index < -0.39 is 0 Å². The first-order chi connectivity index (χ1) is 13.0. The lowest BCUT2D eigenvalue weighted by molar-refractivity contribution is 0.0977. The van der Waals surface area contributed by atoms with Crippen molar-refractivity contribution in [3.8, 4) is 17.4 Å². The van der Waals surface area contributed by atoms with Crippen LogP contribution < -0.4 is 14.8 Å². The molecule has 0 saturated heterocycles. The number of benzene rings is 1. The third kappa shape index (κ3) is 5.45.